The molecule has 70 heavy (non-hydrogen) atoms. The number of nitrogens with zero attached hydrogens (tertiary/aromatic N) is 1. The molecule has 10 aromatic rings. The molecule has 1 nitrogen and oxygen atoms in total. The molecule has 0 atom stereocenters. The second kappa shape index (κ2) is 16.6. The van der Waals surface area contributed by atoms with E-state index in [-0.39, 0.29) is 0 Å². The number of hydrogen-bond acceptors (Lipinski definition) is 1. The summed E-state index contributed by atoms with van der Waals surface area (Å²) in [6.07, 6.45) is 8.62. The highest BCUT2D eigenvalue weighted by atomic mass is 28.3. The van der Waals surface area contributed by atoms with Crippen molar-refractivity contribution in [3.05, 3.63) is 248 Å². The lowest BCUT2D eigenvalue weighted by molar-refractivity contribution is -0.00518. The van der Waals surface area contributed by atoms with Crippen LogP contribution in [0.1, 0.15) is 44.1 Å². The van der Waals surface area contributed by atoms with Crippen molar-refractivity contribution >= 4 is 56.7 Å². The van der Waals surface area contributed by atoms with Crippen LogP contribution in [0.5, 0.6) is 0 Å². The molecule has 0 unspecified atom stereocenters. The van der Waals surface area contributed by atoms with E-state index < -0.39 is 8.07 Å². The Bertz CT molecular complexity index is 3470. The van der Waals surface area contributed by atoms with E-state index in [4.69, 9.17) is 0 Å². The Morgan fingerprint density at radius 2 is 0.771 bits per heavy atom. The van der Waals surface area contributed by atoms with Gasteiger partial charge in [-0.1, -0.05) is 212 Å². The topological polar surface area (TPSA) is 3.24 Å². The molecule has 5 aliphatic rings. The highest BCUT2D eigenvalue weighted by Gasteiger charge is 2.52. The van der Waals surface area contributed by atoms with Gasteiger partial charge in [-0.05, 0) is 174 Å². The Morgan fingerprint density at radius 3 is 1.33 bits per heavy atom. The minimum atomic E-state index is -2.87. The second-order valence-corrected chi connectivity index (χ2v) is 24.7. The normalized spacial score (nSPS) is 20.3. The lowest BCUT2D eigenvalue weighted by Crippen LogP contribution is -2.73. The molecule has 0 radical (unpaired) electrons. The summed E-state index contributed by atoms with van der Waals surface area (Å²) in [5.74, 6) is 2.82. The van der Waals surface area contributed by atoms with Crippen LogP contribution < -0.4 is 25.6 Å². The van der Waals surface area contributed by atoms with E-state index in [2.05, 4.69) is 248 Å². The lowest BCUT2D eigenvalue weighted by atomic mass is 9.48. The summed E-state index contributed by atoms with van der Waals surface area (Å²) in [5.41, 5.74) is 15.6. The fourth-order valence-corrected chi connectivity index (χ4v) is 20.0. The average Bonchev–Trinajstić information content (AvgIpc) is 3.72. The maximum absolute atomic E-state index is 2.87. The molecule has 2 heteroatoms. The van der Waals surface area contributed by atoms with E-state index in [0.29, 0.717) is 5.41 Å². The predicted molar refractivity (Wildman–Crippen MR) is 297 cm³/mol. The summed E-state index contributed by atoms with van der Waals surface area (Å²) in [7, 11) is -2.87. The number of rotatable bonds is 9. The third-order valence-electron chi connectivity index (χ3n) is 17.1. The zero-order chi connectivity index (χ0) is 46.2. The number of benzene rings is 10. The van der Waals surface area contributed by atoms with Gasteiger partial charge in [-0.15, -0.1) is 0 Å². The minimum Gasteiger partial charge on any atom is -0.311 e. The molecule has 4 saturated carbocycles. The van der Waals surface area contributed by atoms with Crippen LogP contribution in [-0.4, -0.2) is 8.07 Å². The third-order valence-corrected chi connectivity index (χ3v) is 22.0. The Kier molecular flexibility index (Phi) is 9.81. The van der Waals surface area contributed by atoms with Crippen molar-refractivity contribution in [2.75, 3.05) is 4.90 Å². The SMILES string of the molecule is c1ccc(-c2cccc3cccc(-c4ccc(N(c5ccc(-c6ccc(C78CC9CC(CC(C9)C7)C8)cc6)cc5)c5ccccc5[Si]5(c6ccccc6)c6ccccc6-c6ccccc65)cc4)c23)cc1. The first-order chi connectivity index (χ1) is 34.6. The van der Waals surface area contributed by atoms with Crippen LogP contribution in [0.15, 0.2) is 243 Å². The Hall–Kier alpha value is -7.52. The first-order valence-electron chi connectivity index (χ1n) is 25.7. The summed E-state index contributed by atoms with van der Waals surface area (Å²) in [6, 6.07) is 92.0. The zero-order valence-electron chi connectivity index (χ0n) is 39.5. The van der Waals surface area contributed by atoms with Crippen LogP contribution in [0, 0.1) is 17.8 Å². The molecule has 0 spiro atoms. The van der Waals surface area contributed by atoms with Gasteiger partial charge in [-0.3, -0.25) is 0 Å². The van der Waals surface area contributed by atoms with Crippen LogP contribution in [-0.2, 0) is 5.41 Å². The van der Waals surface area contributed by atoms with Crippen molar-refractivity contribution in [3.63, 3.8) is 0 Å². The lowest BCUT2D eigenvalue weighted by Gasteiger charge is -2.57. The van der Waals surface area contributed by atoms with Crippen molar-refractivity contribution in [1.82, 2.24) is 0 Å². The van der Waals surface area contributed by atoms with Gasteiger partial charge < -0.3 is 4.90 Å². The maximum Gasteiger partial charge on any atom is 0.183 e. The van der Waals surface area contributed by atoms with Crippen LogP contribution >= 0.6 is 0 Å². The van der Waals surface area contributed by atoms with Crippen LogP contribution in [0.4, 0.5) is 17.1 Å². The Balaban J connectivity index is 0.918. The third kappa shape index (κ3) is 6.57. The molecule has 10 aromatic carbocycles. The number of para-hydroxylation sites is 1. The monoisotopic (exact) mass is 913 g/mol. The van der Waals surface area contributed by atoms with E-state index in [0.717, 1.165) is 29.1 Å². The van der Waals surface area contributed by atoms with Gasteiger partial charge in [0.25, 0.3) is 0 Å². The summed E-state index contributed by atoms with van der Waals surface area (Å²) in [6.45, 7) is 0. The molecule has 15 rings (SSSR count). The first kappa shape index (κ1) is 41.4. The van der Waals surface area contributed by atoms with E-state index >= 15 is 0 Å². The summed E-state index contributed by atoms with van der Waals surface area (Å²) in [5, 5.41) is 8.20. The summed E-state index contributed by atoms with van der Waals surface area (Å²) >= 11 is 0. The molecule has 1 aliphatic heterocycles. The number of fused-ring (bicyclic) bond motifs is 4. The molecule has 1 heterocycles. The van der Waals surface area contributed by atoms with Crippen molar-refractivity contribution in [2.24, 2.45) is 17.8 Å². The Morgan fingerprint density at radius 1 is 0.343 bits per heavy atom. The van der Waals surface area contributed by atoms with Crippen LogP contribution in [0.3, 0.4) is 0 Å². The molecular formula is C68H55NSi. The molecule has 4 aliphatic carbocycles. The standard InChI is InChI=1S/C68H55NSi/c1-3-15-52(16-4-1)59-23-13-17-54-18-14-24-60(67(54)59)53-33-39-57(40-34-53)69(56-37-31-51(32-38-56)50-29-35-55(36-30-50)68-44-47-41-48(45-68)43-49(42-47)46-68)63-25-9-12-28-66(63)70(58-19-5-2-6-20-58)64-26-10-7-21-61(64)62-22-8-11-27-65(62)70/h1-40,47-49H,41-46H2. The zero-order valence-corrected chi connectivity index (χ0v) is 40.5. The maximum atomic E-state index is 2.54. The van der Waals surface area contributed by atoms with E-state index in [9.17, 15) is 0 Å². The van der Waals surface area contributed by atoms with Crippen LogP contribution in [0.2, 0.25) is 0 Å². The van der Waals surface area contributed by atoms with Gasteiger partial charge in [0, 0.05) is 17.1 Å². The average molecular weight is 914 g/mol. The summed E-state index contributed by atoms with van der Waals surface area (Å²) < 4.78 is 0. The van der Waals surface area contributed by atoms with E-state index in [1.807, 2.05) is 0 Å². The van der Waals surface area contributed by atoms with Gasteiger partial charge in [0.2, 0.25) is 0 Å². The van der Waals surface area contributed by atoms with Crippen molar-refractivity contribution in [1.29, 1.82) is 0 Å². The van der Waals surface area contributed by atoms with Gasteiger partial charge in [0.15, 0.2) is 8.07 Å². The molecule has 4 fully saturated rings. The number of anilines is 3. The van der Waals surface area contributed by atoms with Gasteiger partial charge in [-0.25, -0.2) is 0 Å². The molecule has 4 bridgehead atoms. The molecule has 0 amide bonds. The fraction of sp³-hybridized carbons (Fsp3) is 0.147. The molecule has 0 saturated heterocycles. The Labute approximate surface area is 413 Å². The van der Waals surface area contributed by atoms with Crippen molar-refractivity contribution in [3.8, 4) is 44.5 Å². The van der Waals surface area contributed by atoms with E-state index in [1.54, 1.807) is 5.56 Å². The molecule has 0 aromatic heterocycles. The van der Waals surface area contributed by atoms with Gasteiger partial charge in [0.1, 0.15) is 0 Å². The predicted octanol–water partition coefficient (Wildman–Crippen LogP) is 15.1. The van der Waals surface area contributed by atoms with Crippen molar-refractivity contribution in [2.45, 2.75) is 43.9 Å². The molecule has 0 N–H and O–H groups in total. The van der Waals surface area contributed by atoms with Gasteiger partial charge in [0.05, 0.1) is 0 Å². The minimum absolute atomic E-state index is 0.402. The smallest absolute Gasteiger partial charge is 0.183 e. The van der Waals surface area contributed by atoms with E-state index in [1.165, 1.54) is 120 Å². The fourth-order valence-electron chi connectivity index (χ4n) is 14.6. The highest BCUT2D eigenvalue weighted by molar-refractivity contribution is 7.22. The number of hydrogen-bond donors (Lipinski definition) is 0. The molecule has 336 valence electrons. The van der Waals surface area contributed by atoms with Gasteiger partial charge >= 0.3 is 0 Å². The molecular weight excluding hydrogens is 859 g/mol. The quantitative estimate of drug-likeness (QED) is 0.130. The van der Waals surface area contributed by atoms with Crippen LogP contribution in [0.25, 0.3) is 55.3 Å². The van der Waals surface area contributed by atoms with Crippen molar-refractivity contribution < 1.29 is 0 Å². The second-order valence-electron chi connectivity index (χ2n) is 21.0. The van der Waals surface area contributed by atoms with Gasteiger partial charge in [-0.2, -0.15) is 0 Å². The summed E-state index contributed by atoms with van der Waals surface area (Å²) in [4.78, 5) is 2.54. The largest absolute Gasteiger partial charge is 0.311 e. The highest BCUT2D eigenvalue weighted by Crippen LogP contribution is 2.61. The first-order valence-corrected chi connectivity index (χ1v) is 27.7.